The summed E-state index contributed by atoms with van der Waals surface area (Å²) in [5.74, 6) is -0.655. The van der Waals surface area contributed by atoms with Crippen molar-refractivity contribution in [3.05, 3.63) is 83.2 Å². The Labute approximate surface area is 182 Å². The number of rotatable bonds is 8. The van der Waals surface area contributed by atoms with Crippen LogP contribution in [0.3, 0.4) is 0 Å². The second-order valence-corrected chi connectivity index (χ2v) is 7.96. The van der Waals surface area contributed by atoms with Gasteiger partial charge in [0.05, 0.1) is 11.4 Å². The van der Waals surface area contributed by atoms with E-state index in [0.29, 0.717) is 12.0 Å². The number of carbonyl (C=O) groups excluding carboxylic acids is 2. The summed E-state index contributed by atoms with van der Waals surface area (Å²) in [5.41, 5.74) is 4.58. The fourth-order valence-corrected chi connectivity index (χ4v) is 3.68. The third-order valence-electron chi connectivity index (χ3n) is 5.53. The zero-order valence-electron chi connectivity index (χ0n) is 17.9. The second-order valence-electron chi connectivity index (χ2n) is 7.96. The molecule has 2 aromatic carbocycles. The fourth-order valence-electron chi connectivity index (χ4n) is 3.68. The summed E-state index contributed by atoms with van der Waals surface area (Å²) >= 11 is 0. The number of esters is 1. The van der Waals surface area contributed by atoms with Crippen LogP contribution >= 0.6 is 0 Å². The molecule has 1 amide bonds. The van der Waals surface area contributed by atoms with Crippen molar-refractivity contribution >= 4 is 11.9 Å². The number of amides is 1. The first kappa shape index (κ1) is 20.8. The number of nitrogens with one attached hydrogen (secondary N) is 1. The highest BCUT2D eigenvalue weighted by Crippen LogP contribution is 2.24. The average molecular weight is 418 g/mol. The molecule has 1 aliphatic carbocycles. The highest BCUT2D eigenvalue weighted by Gasteiger charge is 2.30. The molecule has 0 radical (unpaired) electrons. The molecule has 1 aliphatic rings. The SMILES string of the molecule is Cc1nn(-c2ccccc2)c(C)c1CCC(=O)O[C@@H](C(=O)NC1CC1)c1ccccc1. The lowest BCUT2D eigenvalue weighted by Crippen LogP contribution is -2.33. The standard InChI is InChI=1S/C25H27N3O3/c1-17-22(18(2)28(27-17)21-11-7-4-8-12-21)15-16-23(29)31-24(19-9-5-3-6-10-19)25(30)26-20-13-14-20/h3-12,20,24H,13-16H2,1-2H3,(H,26,30)/t24-/m1/s1. The lowest BCUT2D eigenvalue weighted by atomic mass is 10.1. The summed E-state index contributed by atoms with van der Waals surface area (Å²) in [6.45, 7) is 3.95. The normalized spacial score (nSPS) is 14.1. The number of aryl methyl sites for hydroxylation is 1. The van der Waals surface area contributed by atoms with Gasteiger partial charge < -0.3 is 10.1 Å². The van der Waals surface area contributed by atoms with E-state index in [0.717, 1.165) is 35.5 Å². The summed E-state index contributed by atoms with van der Waals surface area (Å²) in [7, 11) is 0. The van der Waals surface area contributed by atoms with Gasteiger partial charge in [0, 0.05) is 23.7 Å². The molecule has 1 saturated carbocycles. The molecule has 1 fully saturated rings. The summed E-state index contributed by atoms with van der Waals surface area (Å²) in [6, 6.07) is 19.3. The first-order chi connectivity index (χ1) is 15.0. The zero-order valence-corrected chi connectivity index (χ0v) is 17.9. The maximum absolute atomic E-state index is 12.7. The Balaban J connectivity index is 1.44. The largest absolute Gasteiger partial charge is 0.447 e. The summed E-state index contributed by atoms with van der Waals surface area (Å²) < 4.78 is 7.54. The van der Waals surface area contributed by atoms with Crippen molar-refractivity contribution in [2.24, 2.45) is 0 Å². The number of aromatic nitrogens is 2. The van der Waals surface area contributed by atoms with E-state index in [-0.39, 0.29) is 18.4 Å². The van der Waals surface area contributed by atoms with Gasteiger partial charge in [-0.15, -0.1) is 0 Å². The Hall–Kier alpha value is -3.41. The number of benzene rings is 2. The third-order valence-corrected chi connectivity index (χ3v) is 5.53. The lowest BCUT2D eigenvalue weighted by molar-refractivity contribution is -0.156. The monoisotopic (exact) mass is 417 g/mol. The third kappa shape index (κ3) is 5.02. The van der Waals surface area contributed by atoms with E-state index in [1.165, 1.54) is 0 Å². The van der Waals surface area contributed by atoms with Crippen molar-refractivity contribution in [3.8, 4) is 5.69 Å². The van der Waals surface area contributed by atoms with Crippen LogP contribution in [0.25, 0.3) is 5.69 Å². The van der Waals surface area contributed by atoms with E-state index >= 15 is 0 Å². The van der Waals surface area contributed by atoms with Crippen molar-refractivity contribution in [1.82, 2.24) is 15.1 Å². The molecule has 1 atom stereocenters. The van der Waals surface area contributed by atoms with Gasteiger partial charge in [0.15, 0.2) is 0 Å². The van der Waals surface area contributed by atoms with Gasteiger partial charge in [-0.1, -0.05) is 48.5 Å². The van der Waals surface area contributed by atoms with Crippen LogP contribution in [0.15, 0.2) is 60.7 Å². The van der Waals surface area contributed by atoms with Gasteiger partial charge >= 0.3 is 5.97 Å². The van der Waals surface area contributed by atoms with E-state index in [1.54, 1.807) is 0 Å². The van der Waals surface area contributed by atoms with E-state index < -0.39 is 12.1 Å². The Morgan fingerprint density at radius 2 is 1.71 bits per heavy atom. The van der Waals surface area contributed by atoms with Gasteiger partial charge in [0.25, 0.3) is 5.91 Å². The maximum Gasteiger partial charge on any atom is 0.307 e. The fraction of sp³-hybridized carbons (Fsp3) is 0.320. The van der Waals surface area contributed by atoms with Gasteiger partial charge in [0.2, 0.25) is 6.10 Å². The second kappa shape index (κ2) is 9.16. The molecule has 4 rings (SSSR count). The molecular formula is C25H27N3O3. The molecule has 6 nitrogen and oxygen atoms in total. The molecule has 0 aliphatic heterocycles. The lowest BCUT2D eigenvalue weighted by Gasteiger charge is -2.18. The van der Waals surface area contributed by atoms with Crippen LogP contribution in [0.4, 0.5) is 0 Å². The van der Waals surface area contributed by atoms with E-state index in [1.807, 2.05) is 79.2 Å². The Morgan fingerprint density at radius 3 is 2.35 bits per heavy atom. The Bertz CT molecular complexity index is 1060. The molecule has 1 aromatic heterocycles. The van der Waals surface area contributed by atoms with Crippen molar-refractivity contribution in [2.75, 3.05) is 0 Å². The number of carbonyl (C=O) groups is 2. The van der Waals surface area contributed by atoms with Crippen molar-refractivity contribution in [3.63, 3.8) is 0 Å². The molecule has 1 heterocycles. The smallest absolute Gasteiger partial charge is 0.307 e. The van der Waals surface area contributed by atoms with Crippen LogP contribution in [-0.4, -0.2) is 27.7 Å². The molecule has 0 unspecified atom stereocenters. The highest BCUT2D eigenvalue weighted by atomic mass is 16.5. The van der Waals surface area contributed by atoms with Crippen LogP contribution in [0, 0.1) is 13.8 Å². The summed E-state index contributed by atoms with van der Waals surface area (Å²) in [5, 5.41) is 7.58. The number of ether oxygens (including phenoxy) is 1. The van der Waals surface area contributed by atoms with Crippen LogP contribution in [0.2, 0.25) is 0 Å². The molecule has 3 aromatic rings. The molecule has 6 heteroatoms. The maximum atomic E-state index is 12.7. The molecule has 31 heavy (non-hydrogen) atoms. The first-order valence-electron chi connectivity index (χ1n) is 10.7. The molecular weight excluding hydrogens is 390 g/mol. The van der Waals surface area contributed by atoms with Crippen LogP contribution in [-0.2, 0) is 20.7 Å². The Kier molecular flexibility index (Phi) is 6.16. The van der Waals surface area contributed by atoms with Crippen molar-refractivity contribution < 1.29 is 14.3 Å². The summed E-state index contributed by atoms with van der Waals surface area (Å²) in [6.07, 6.45) is 1.72. The number of hydrogen-bond acceptors (Lipinski definition) is 4. The van der Waals surface area contributed by atoms with Gasteiger partial charge in [-0.05, 0) is 50.8 Å². The zero-order chi connectivity index (χ0) is 21.8. The van der Waals surface area contributed by atoms with E-state index in [2.05, 4.69) is 10.4 Å². The van der Waals surface area contributed by atoms with Gasteiger partial charge in [-0.3, -0.25) is 9.59 Å². The predicted octanol–water partition coefficient (Wildman–Crippen LogP) is 3.98. The van der Waals surface area contributed by atoms with Crippen molar-refractivity contribution in [2.45, 2.75) is 51.7 Å². The van der Waals surface area contributed by atoms with E-state index in [9.17, 15) is 9.59 Å². The van der Waals surface area contributed by atoms with Crippen LogP contribution in [0.1, 0.15) is 47.9 Å². The molecule has 0 saturated heterocycles. The molecule has 160 valence electrons. The van der Waals surface area contributed by atoms with Crippen molar-refractivity contribution in [1.29, 1.82) is 0 Å². The average Bonchev–Trinajstić information content (AvgIpc) is 3.55. The Morgan fingerprint density at radius 1 is 1.06 bits per heavy atom. The summed E-state index contributed by atoms with van der Waals surface area (Å²) in [4.78, 5) is 25.3. The van der Waals surface area contributed by atoms with Gasteiger partial charge in [-0.25, -0.2) is 4.68 Å². The molecule has 0 bridgehead atoms. The highest BCUT2D eigenvalue weighted by molar-refractivity contribution is 5.85. The van der Waals surface area contributed by atoms with Crippen LogP contribution in [0.5, 0.6) is 0 Å². The van der Waals surface area contributed by atoms with Gasteiger partial charge in [0.1, 0.15) is 0 Å². The topological polar surface area (TPSA) is 73.2 Å². The number of hydrogen-bond donors (Lipinski definition) is 1. The quantitative estimate of drug-likeness (QED) is 0.563. The minimum absolute atomic E-state index is 0.183. The number of para-hydroxylation sites is 1. The van der Waals surface area contributed by atoms with Gasteiger partial charge in [-0.2, -0.15) is 5.10 Å². The molecule has 0 spiro atoms. The predicted molar refractivity (Wildman–Crippen MR) is 118 cm³/mol. The minimum Gasteiger partial charge on any atom is -0.447 e. The molecule has 1 N–H and O–H groups in total. The van der Waals surface area contributed by atoms with Crippen LogP contribution < -0.4 is 5.32 Å². The minimum atomic E-state index is -0.927. The number of nitrogens with zero attached hydrogens (tertiary/aromatic N) is 2. The first-order valence-corrected chi connectivity index (χ1v) is 10.7. The van der Waals surface area contributed by atoms with E-state index in [4.69, 9.17) is 4.74 Å².